The molecule has 1 aliphatic carbocycles. The highest BCUT2D eigenvalue weighted by Crippen LogP contribution is 2.32. The van der Waals surface area contributed by atoms with E-state index in [2.05, 4.69) is 78.4 Å². The molecule has 0 saturated heterocycles. The summed E-state index contributed by atoms with van der Waals surface area (Å²) in [6, 6.07) is 16.2. The minimum atomic E-state index is 0.502. The number of anilines is 2. The smallest absolute Gasteiger partial charge is 0.173 e. The lowest BCUT2D eigenvalue weighted by atomic mass is 9.84. The Morgan fingerprint density at radius 1 is 1.09 bits per heavy atom. The van der Waals surface area contributed by atoms with Gasteiger partial charge in [0.15, 0.2) is 5.11 Å². The molecule has 1 N–H and O–H groups in total. The second-order valence-electron chi connectivity index (χ2n) is 9.81. The second kappa shape index (κ2) is 10.7. The maximum atomic E-state index is 6.00. The molecule has 0 spiro atoms. The summed E-state index contributed by atoms with van der Waals surface area (Å²) in [6.07, 6.45) is 8.82. The van der Waals surface area contributed by atoms with E-state index in [0.717, 1.165) is 23.9 Å². The third kappa shape index (κ3) is 5.46. The van der Waals surface area contributed by atoms with Gasteiger partial charge in [-0.25, -0.2) is 0 Å². The molecule has 0 unspecified atom stereocenters. The van der Waals surface area contributed by atoms with Gasteiger partial charge in [0.2, 0.25) is 0 Å². The van der Waals surface area contributed by atoms with Gasteiger partial charge in [-0.1, -0.05) is 56.5 Å². The van der Waals surface area contributed by atoms with Gasteiger partial charge in [-0.3, -0.25) is 0 Å². The van der Waals surface area contributed by atoms with E-state index in [0.29, 0.717) is 12.0 Å². The Hall–Kier alpha value is -2.07. The molecule has 4 heteroatoms. The first-order chi connectivity index (χ1) is 15.5. The van der Waals surface area contributed by atoms with E-state index in [1.807, 2.05) is 0 Å². The van der Waals surface area contributed by atoms with Crippen molar-refractivity contribution in [2.75, 3.05) is 23.3 Å². The number of hydrogen-bond acceptors (Lipinski definition) is 2. The van der Waals surface area contributed by atoms with Crippen molar-refractivity contribution in [3.63, 3.8) is 0 Å². The Balaban J connectivity index is 1.56. The van der Waals surface area contributed by atoms with Gasteiger partial charge >= 0.3 is 0 Å². The number of nitrogens with one attached hydrogen (secondary N) is 1. The van der Waals surface area contributed by atoms with Gasteiger partial charge < -0.3 is 15.1 Å². The number of rotatable bonds is 6. The quantitative estimate of drug-likeness (QED) is 0.481. The minimum Gasteiger partial charge on any atom is -0.371 e. The molecule has 2 atom stereocenters. The largest absolute Gasteiger partial charge is 0.371 e. The number of nitrogens with zero attached hydrogens (tertiary/aromatic N) is 2. The zero-order chi connectivity index (χ0) is 22.5. The highest BCUT2D eigenvalue weighted by molar-refractivity contribution is 7.80. The first-order valence-electron chi connectivity index (χ1n) is 12.6. The predicted octanol–water partition coefficient (Wildman–Crippen LogP) is 6.94. The first kappa shape index (κ1) is 23.1. The molecular weight excluding hydrogens is 410 g/mol. The molecule has 1 saturated carbocycles. The number of fused-ring (bicyclic) bond motifs is 1. The predicted molar refractivity (Wildman–Crippen MR) is 142 cm³/mol. The van der Waals surface area contributed by atoms with E-state index in [4.69, 9.17) is 12.2 Å². The fourth-order valence-corrected chi connectivity index (χ4v) is 5.77. The van der Waals surface area contributed by atoms with Crippen LogP contribution in [0.3, 0.4) is 0 Å². The molecule has 4 rings (SSSR count). The third-order valence-corrected chi connectivity index (χ3v) is 7.57. The molecule has 2 aromatic rings. The fourth-order valence-electron chi connectivity index (χ4n) is 5.46. The Labute approximate surface area is 200 Å². The van der Waals surface area contributed by atoms with E-state index in [-0.39, 0.29) is 0 Å². The van der Waals surface area contributed by atoms with Crippen molar-refractivity contribution < 1.29 is 0 Å². The molecule has 3 nitrogen and oxygen atoms in total. The number of benzene rings is 2. The molecule has 0 radical (unpaired) electrons. The standard InChI is InChI=1S/C28H39N3S/c1-4-17-30-18-7-9-24-19-23(13-16-27(24)30)20-31(26-10-6-5-8-22(26)3)28(32)29-25-14-11-21(2)12-15-25/h11-16,19,22,26H,4-10,17-18,20H2,1-3H3,(H,29,32)/t22-,26+/m0/s1. The van der Waals surface area contributed by atoms with E-state index in [1.54, 1.807) is 0 Å². The van der Waals surface area contributed by atoms with E-state index in [1.165, 1.54) is 73.9 Å². The van der Waals surface area contributed by atoms with Crippen LogP contribution in [0, 0.1) is 12.8 Å². The molecule has 1 fully saturated rings. The van der Waals surface area contributed by atoms with Crippen LogP contribution in [-0.4, -0.2) is 29.1 Å². The van der Waals surface area contributed by atoms with Crippen LogP contribution >= 0.6 is 12.2 Å². The summed E-state index contributed by atoms with van der Waals surface area (Å²) in [5, 5.41) is 4.40. The van der Waals surface area contributed by atoms with Crippen molar-refractivity contribution >= 4 is 28.7 Å². The molecular formula is C28H39N3S. The maximum absolute atomic E-state index is 6.00. The Morgan fingerprint density at radius 3 is 2.62 bits per heavy atom. The summed E-state index contributed by atoms with van der Waals surface area (Å²) in [7, 11) is 0. The Morgan fingerprint density at radius 2 is 1.88 bits per heavy atom. The van der Waals surface area contributed by atoms with Crippen molar-refractivity contribution in [2.45, 2.75) is 78.3 Å². The second-order valence-corrected chi connectivity index (χ2v) is 10.2. The van der Waals surface area contributed by atoms with Gasteiger partial charge in [0, 0.05) is 37.1 Å². The van der Waals surface area contributed by atoms with Crippen LogP contribution in [0.5, 0.6) is 0 Å². The van der Waals surface area contributed by atoms with Crippen LogP contribution in [0.2, 0.25) is 0 Å². The van der Waals surface area contributed by atoms with Gasteiger partial charge in [-0.05, 0) is 86.5 Å². The summed E-state index contributed by atoms with van der Waals surface area (Å²) in [4.78, 5) is 5.04. The highest BCUT2D eigenvalue weighted by Gasteiger charge is 2.29. The van der Waals surface area contributed by atoms with Gasteiger partial charge in [0.05, 0.1) is 0 Å². The average Bonchev–Trinajstić information content (AvgIpc) is 2.80. The van der Waals surface area contributed by atoms with Crippen molar-refractivity contribution in [3.8, 4) is 0 Å². The van der Waals surface area contributed by atoms with Gasteiger partial charge in [-0.2, -0.15) is 0 Å². The molecule has 0 aromatic heterocycles. The molecule has 32 heavy (non-hydrogen) atoms. The van der Waals surface area contributed by atoms with Crippen LogP contribution in [0.25, 0.3) is 0 Å². The number of thiocarbonyl (C=S) groups is 1. The number of hydrogen-bond donors (Lipinski definition) is 1. The maximum Gasteiger partial charge on any atom is 0.173 e. The zero-order valence-corrected chi connectivity index (χ0v) is 20.9. The normalized spacial score (nSPS) is 20.5. The molecule has 0 amide bonds. The van der Waals surface area contributed by atoms with Crippen molar-refractivity contribution in [1.29, 1.82) is 0 Å². The van der Waals surface area contributed by atoms with Gasteiger partial charge in [-0.15, -0.1) is 0 Å². The summed E-state index contributed by atoms with van der Waals surface area (Å²) >= 11 is 6.00. The Kier molecular flexibility index (Phi) is 7.72. The lowest BCUT2D eigenvalue weighted by molar-refractivity contribution is 0.177. The molecule has 1 aliphatic heterocycles. The van der Waals surface area contributed by atoms with Crippen LogP contribution in [0.1, 0.15) is 69.1 Å². The van der Waals surface area contributed by atoms with E-state index in [9.17, 15) is 0 Å². The minimum absolute atomic E-state index is 0.502. The third-order valence-electron chi connectivity index (χ3n) is 7.24. The lowest BCUT2D eigenvalue weighted by Crippen LogP contribution is -2.46. The average molecular weight is 450 g/mol. The molecule has 1 heterocycles. The summed E-state index contributed by atoms with van der Waals surface area (Å²) < 4.78 is 0. The van der Waals surface area contributed by atoms with Crippen LogP contribution in [-0.2, 0) is 13.0 Å². The van der Waals surface area contributed by atoms with Gasteiger partial charge in [0.25, 0.3) is 0 Å². The number of aryl methyl sites for hydroxylation is 2. The molecule has 2 aliphatic rings. The summed E-state index contributed by atoms with van der Waals surface area (Å²) in [6.45, 7) is 10.0. The summed E-state index contributed by atoms with van der Waals surface area (Å²) in [5.74, 6) is 0.666. The monoisotopic (exact) mass is 449 g/mol. The first-order valence-corrected chi connectivity index (χ1v) is 13.0. The topological polar surface area (TPSA) is 18.5 Å². The van der Waals surface area contributed by atoms with E-state index < -0.39 is 0 Å². The van der Waals surface area contributed by atoms with Crippen molar-refractivity contribution in [2.24, 2.45) is 5.92 Å². The molecule has 0 bridgehead atoms. The van der Waals surface area contributed by atoms with Gasteiger partial charge in [0.1, 0.15) is 0 Å². The Bertz CT molecular complexity index is 907. The van der Waals surface area contributed by atoms with Crippen LogP contribution in [0.4, 0.5) is 11.4 Å². The van der Waals surface area contributed by atoms with Crippen molar-refractivity contribution in [1.82, 2.24) is 4.90 Å². The van der Waals surface area contributed by atoms with E-state index >= 15 is 0 Å². The molecule has 2 aromatic carbocycles. The SMILES string of the molecule is CCCN1CCCc2cc(CN(C(=S)Nc3ccc(C)cc3)[C@@H]3CCCC[C@@H]3C)ccc21. The lowest BCUT2D eigenvalue weighted by Gasteiger charge is -2.40. The highest BCUT2D eigenvalue weighted by atomic mass is 32.1. The fraction of sp³-hybridized carbons (Fsp3) is 0.536. The zero-order valence-electron chi connectivity index (χ0n) is 20.1. The van der Waals surface area contributed by atoms with Crippen LogP contribution in [0.15, 0.2) is 42.5 Å². The summed E-state index contributed by atoms with van der Waals surface area (Å²) in [5.41, 5.74) is 6.68. The van der Waals surface area contributed by atoms with Crippen molar-refractivity contribution in [3.05, 3.63) is 59.2 Å². The van der Waals surface area contributed by atoms with Crippen LogP contribution < -0.4 is 10.2 Å². The molecule has 172 valence electrons.